The molecule has 0 bridgehead atoms. The average molecular weight is 540 g/mol. The number of methoxy groups -OCH3 is 2. The van der Waals surface area contributed by atoms with Gasteiger partial charge in [-0.1, -0.05) is 12.2 Å². The third-order valence-electron chi connectivity index (χ3n) is 8.93. The zero-order valence-electron chi connectivity index (χ0n) is 22.9. The Morgan fingerprint density at radius 3 is 2.46 bits per heavy atom. The molecule has 1 aliphatic heterocycles. The first-order valence-electron chi connectivity index (χ1n) is 13.3. The van der Waals surface area contributed by atoms with Crippen molar-refractivity contribution in [3.8, 4) is 0 Å². The van der Waals surface area contributed by atoms with Crippen LogP contribution in [0.1, 0.15) is 45.4 Å². The maximum atomic E-state index is 14.2. The van der Waals surface area contributed by atoms with E-state index in [1.165, 1.54) is 14.2 Å². The molecule has 1 saturated carbocycles. The second-order valence-corrected chi connectivity index (χ2v) is 10.8. The van der Waals surface area contributed by atoms with Crippen molar-refractivity contribution in [2.45, 2.75) is 51.6 Å². The van der Waals surface area contributed by atoms with Crippen molar-refractivity contribution in [3.05, 3.63) is 59.6 Å². The second-order valence-electron chi connectivity index (χ2n) is 10.8. The van der Waals surface area contributed by atoms with E-state index in [0.717, 1.165) is 5.57 Å². The Bertz CT molecular complexity index is 1200. The molecular weight excluding hydrogens is 502 g/mol. The van der Waals surface area contributed by atoms with Crippen molar-refractivity contribution in [3.63, 3.8) is 0 Å². The van der Waals surface area contributed by atoms with Crippen molar-refractivity contribution in [1.29, 1.82) is 0 Å². The highest BCUT2D eigenvalue weighted by molar-refractivity contribution is 6.14. The lowest BCUT2D eigenvalue weighted by Gasteiger charge is -2.52. The molecule has 9 heteroatoms. The van der Waals surface area contributed by atoms with Gasteiger partial charge in [-0.25, -0.2) is 4.79 Å². The van der Waals surface area contributed by atoms with E-state index in [9.17, 15) is 24.3 Å². The molecule has 9 nitrogen and oxygen atoms in total. The Balaban J connectivity index is 1.94. The molecule has 0 aromatic rings. The highest BCUT2D eigenvalue weighted by Crippen LogP contribution is 2.63. The third-order valence-corrected chi connectivity index (χ3v) is 8.93. The van der Waals surface area contributed by atoms with Gasteiger partial charge >= 0.3 is 11.9 Å². The summed E-state index contributed by atoms with van der Waals surface area (Å²) in [5.41, 5.74) is 0.137. The molecule has 39 heavy (non-hydrogen) atoms. The molecule has 1 heterocycles. The van der Waals surface area contributed by atoms with Crippen LogP contribution in [0.5, 0.6) is 0 Å². The van der Waals surface area contributed by atoms with Gasteiger partial charge in [0.1, 0.15) is 11.9 Å². The number of cyclic esters (lactones) is 1. The van der Waals surface area contributed by atoms with Crippen LogP contribution in [0, 0.1) is 16.7 Å². The number of allylic oxidation sites excluding steroid dienone is 1. The average Bonchev–Trinajstić information content (AvgIpc) is 3.23. The fourth-order valence-electron chi connectivity index (χ4n) is 7.18. The first kappa shape index (κ1) is 28.5. The van der Waals surface area contributed by atoms with Crippen LogP contribution in [0.15, 0.2) is 59.6 Å². The van der Waals surface area contributed by atoms with Gasteiger partial charge in [-0.2, -0.15) is 0 Å². The molecule has 1 saturated heterocycles. The van der Waals surface area contributed by atoms with E-state index in [0.29, 0.717) is 49.9 Å². The number of fused-ring (bicyclic) bond motifs is 4. The van der Waals surface area contributed by atoms with Crippen molar-refractivity contribution in [2.75, 3.05) is 33.9 Å². The summed E-state index contributed by atoms with van der Waals surface area (Å²) in [6, 6.07) is 0. The summed E-state index contributed by atoms with van der Waals surface area (Å²) in [6.45, 7) is 10.5. The van der Waals surface area contributed by atoms with E-state index in [1.54, 1.807) is 18.4 Å². The quantitative estimate of drug-likeness (QED) is 0.239. The van der Waals surface area contributed by atoms with E-state index in [2.05, 4.69) is 13.2 Å². The topological polar surface area (TPSA) is 119 Å². The van der Waals surface area contributed by atoms with Crippen LogP contribution in [-0.4, -0.2) is 73.5 Å². The van der Waals surface area contributed by atoms with Crippen molar-refractivity contribution >= 4 is 23.5 Å². The lowest BCUT2D eigenvalue weighted by molar-refractivity contribution is -0.156. The van der Waals surface area contributed by atoms with E-state index in [1.807, 2.05) is 11.8 Å². The first-order valence-corrected chi connectivity index (χ1v) is 13.3. The maximum Gasteiger partial charge on any atom is 0.340 e. The van der Waals surface area contributed by atoms with Crippen LogP contribution < -0.4 is 0 Å². The van der Waals surface area contributed by atoms with Crippen molar-refractivity contribution in [2.24, 2.45) is 16.7 Å². The highest BCUT2D eigenvalue weighted by Gasteiger charge is 2.62. The predicted molar refractivity (Wildman–Crippen MR) is 142 cm³/mol. The molecule has 3 aliphatic carbocycles. The van der Waals surface area contributed by atoms with Gasteiger partial charge in [-0.05, 0) is 38.2 Å². The van der Waals surface area contributed by atoms with Gasteiger partial charge in [0.2, 0.25) is 5.78 Å². The predicted octanol–water partition coefficient (Wildman–Crippen LogP) is 3.53. The molecule has 0 radical (unpaired) electrons. The van der Waals surface area contributed by atoms with Crippen LogP contribution in [0.2, 0.25) is 0 Å². The molecule has 1 unspecified atom stereocenters. The molecule has 4 rings (SSSR count). The summed E-state index contributed by atoms with van der Waals surface area (Å²) < 4.78 is 17.2. The number of hydrogen-bond donors (Lipinski definition) is 1. The molecule has 0 spiro atoms. The van der Waals surface area contributed by atoms with E-state index in [4.69, 9.17) is 14.2 Å². The first-order chi connectivity index (χ1) is 18.6. The molecule has 0 aromatic carbocycles. The van der Waals surface area contributed by atoms with E-state index >= 15 is 0 Å². The normalized spacial score (nSPS) is 30.9. The van der Waals surface area contributed by atoms with Gasteiger partial charge in [0.25, 0.3) is 0 Å². The fraction of sp³-hybridized carbons (Fsp3) is 0.533. The Kier molecular flexibility index (Phi) is 8.02. The molecule has 4 aliphatic rings. The number of hydrogen-bond acceptors (Lipinski definition) is 8. The fourth-order valence-corrected chi connectivity index (χ4v) is 7.18. The Labute approximate surface area is 228 Å². The highest BCUT2D eigenvalue weighted by atomic mass is 16.6. The number of carbonyl (C=O) groups is 4. The number of carboxylic acid groups (broad SMARTS) is 1. The zero-order chi connectivity index (χ0) is 28.5. The number of esters is 1. The molecule has 0 amide bonds. The van der Waals surface area contributed by atoms with E-state index in [-0.39, 0.29) is 42.3 Å². The molecule has 0 aromatic heterocycles. The number of ketones is 2. The summed E-state index contributed by atoms with van der Waals surface area (Å²) in [5.74, 6) is -2.27. The third kappa shape index (κ3) is 4.46. The summed E-state index contributed by atoms with van der Waals surface area (Å²) in [5, 5.41) is 9.40. The van der Waals surface area contributed by atoms with Crippen molar-refractivity contribution < 1.29 is 38.5 Å². The van der Waals surface area contributed by atoms with Gasteiger partial charge in [-0.3, -0.25) is 14.4 Å². The van der Waals surface area contributed by atoms with Gasteiger partial charge in [0, 0.05) is 61.7 Å². The summed E-state index contributed by atoms with van der Waals surface area (Å²) in [7, 11) is 2.93. The molecule has 2 fully saturated rings. The second kappa shape index (κ2) is 11.0. The lowest BCUT2D eigenvalue weighted by Crippen LogP contribution is -2.54. The zero-order valence-corrected chi connectivity index (χ0v) is 22.9. The van der Waals surface area contributed by atoms with Gasteiger partial charge in [0.05, 0.1) is 24.7 Å². The number of rotatable bonds is 11. The maximum absolute atomic E-state index is 14.2. The number of aliphatic carboxylic acids is 1. The Hall–Kier alpha value is -3.46. The molecule has 4 atom stereocenters. The Morgan fingerprint density at radius 1 is 1.18 bits per heavy atom. The van der Waals surface area contributed by atoms with Crippen molar-refractivity contribution in [1.82, 2.24) is 4.90 Å². The monoisotopic (exact) mass is 539 g/mol. The Morgan fingerprint density at radius 2 is 1.87 bits per heavy atom. The molecule has 210 valence electrons. The molecule has 1 N–H and O–H groups in total. The number of Topliss-reactive ketones (excluding diaryl/α,β-unsaturated/α-hetero) is 2. The minimum Gasteiger partial charge on any atom is -0.492 e. The van der Waals surface area contributed by atoms with Gasteiger partial charge in [-0.15, -0.1) is 13.2 Å². The largest absolute Gasteiger partial charge is 0.492 e. The van der Waals surface area contributed by atoms with Crippen LogP contribution in [0.3, 0.4) is 0 Å². The van der Waals surface area contributed by atoms with E-state index < -0.39 is 34.8 Å². The lowest BCUT2D eigenvalue weighted by atomic mass is 9.53. The minimum atomic E-state index is -0.970. The van der Waals surface area contributed by atoms with Crippen LogP contribution >= 0.6 is 0 Å². The number of ether oxygens (including phenoxy) is 3. The molecular formula is C30H37NO8. The number of carboxylic acids is 1. The summed E-state index contributed by atoms with van der Waals surface area (Å²) >= 11 is 0. The van der Waals surface area contributed by atoms with Crippen LogP contribution in [-0.2, 0) is 33.4 Å². The van der Waals surface area contributed by atoms with Crippen LogP contribution in [0.25, 0.3) is 0 Å². The van der Waals surface area contributed by atoms with Crippen LogP contribution in [0.4, 0.5) is 0 Å². The van der Waals surface area contributed by atoms with Gasteiger partial charge < -0.3 is 24.2 Å². The smallest absolute Gasteiger partial charge is 0.340 e. The number of nitrogens with zero attached hydrogens (tertiary/aromatic N) is 1. The number of carbonyl (C=O) groups excluding carboxylic acids is 3. The van der Waals surface area contributed by atoms with Gasteiger partial charge in [0.15, 0.2) is 5.76 Å². The summed E-state index contributed by atoms with van der Waals surface area (Å²) in [6.07, 6.45) is 5.98. The standard InChI is InChI=1S/C30H37NO8/c1-6-14-31(15-7-2)16-18-25-27(38-5)26(35)24-19(29(25,3)22(17-37-4)39-28(18)36)10-12-30(13-11-23(33)34)20(24)8-9-21(30)32/h6-7,16,20,22H,1-2,8-15,17H2,3-5H3,(H,33,34)/b18-16+/t20?,22-,29+,30-/m1/s1. The minimum absolute atomic E-state index is 0.0144. The SMILES string of the molecule is C=CCN(/C=C1/C(=O)O[C@H](COC)[C@]2(C)C3=C(C(=O)C(OC)=C12)C1CCC(=O)[C@@]1(CCC(=O)O)CC3)CC=C. The summed E-state index contributed by atoms with van der Waals surface area (Å²) in [4.78, 5) is 54.3.